The second kappa shape index (κ2) is 11.9. The molecule has 1 aliphatic heterocycles. The van der Waals surface area contributed by atoms with E-state index in [1.54, 1.807) is 14.2 Å². The first kappa shape index (κ1) is 24.2. The second-order valence-electron chi connectivity index (χ2n) is 6.72. The highest BCUT2D eigenvalue weighted by atomic mass is 127. The third-order valence-electron chi connectivity index (χ3n) is 4.89. The van der Waals surface area contributed by atoms with Gasteiger partial charge in [-0.1, -0.05) is 5.16 Å². The summed E-state index contributed by atoms with van der Waals surface area (Å²) in [4.78, 5) is 13.4. The van der Waals surface area contributed by atoms with E-state index < -0.39 is 0 Å². The third-order valence-corrected chi connectivity index (χ3v) is 4.89. The SMILES string of the molecule is CCOC(C)c1noc(CNC(=NC)N2CCN(c3ccc(OC)cc3)CC2)n1.I. The molecule has 1 N–H and O–H groups in total. The van der Waals surface area contributed by atoms with Crippen molar-refractivity contribution in [1.29, 1.82) is 0 Å². The molecular formula is C20H31IN6O3. The lowest BCUT2D eigenvalue weighted by molar-refractivity contribution is 0.0683. The van der Waals surface area contributed by atoms with Crippen LogP contribution in [0.25, 0.3) is 0 Å². The van der Waals surface area contributed by atoms with Gasteiger partial charge in [-0.15, -0.1) is 24.0 Å². The predicted molar refractivity (Wildman–Crippen MR) is 127 cm³/mol. The number of guanidine groups is 1. The Bertz CT molecular complexity index is 790. The van der Waals surface area contributed by atoms with E-state index in [9.17, 15) is 0 Å². The third kappa shape index (κ3) is 6.21. The van der Waals surface area contributed by atoms with Crippen molar-refractivity contribution in [2.45, 2.75) is 26.5 Å². The molecule has 1 aliphatic rings. The quantitative estimate of drug-likeness (QED) is 0.332. The van der Waals surface area contributed by atoms with E-state index in [-0.39, 0.29) is 30.1 Å². The maximum atomic E-state index is 5.49. The molecule has 1 saturated heterocycles. The van der Waals surface area contributed by atoms with E-state index >= 15 is 0 Å². The number of nitrogens with zero attached hydrogens (tertiary/aromatic N) is 5. The molecule has 1 unspecified atom stereocenters. The molecule has 9 nitrogen and oxygen atoms in total. The van der Waals surface area contributed by atoms with Crippen molar-refractivity contribution in [2.24, 2.45) is 4.99 Å². The maximum absolute atomic E-state index is 5.49. The fourth-order valence-electron chi connectivity index (χ4n) is 3.29. The zero-order chi connectivity index (χ0) is 20.6. The van der Waals surface area contributed by atoms with E-state index in [4.69, 9.17) is 14.0 Å². The Morgan fingerprint density at radius 2 is 1.93 bits per heavy atom. The van der Waals surface area contributed by atoms with Crippen LogP contribution in [0, 0.1) is 0 Å². The fourth-order valence-corrected chi connectivity index (χ4v) is 3.29. The van der Waals surface area contributed by atoms with Gasteiger partial charge in [0.1, 0.15) is 11.9 Å². The van der Waals surface area contributed by atoms with Crippen LogP contribution in [0.1, 0.15) is 31.7 Å². The number of aromatic nitrogens is 2. The number of methoxy groups -OCH3 is 1. The van der Waals surface area contributed by atoms with Crippen LogP contribution in [0.5, 0.6) is 5.75 Å². The molecular weight excluding hydrogens is 499 g/mol. The number of benzene rings is 1. The number of ether oxygens (including phenoxy) is 2. The van der Waals surface area contributed by atoms with Gasteiger partial charge in [-0.2, -0.15) is 4.98 Å². The highest BCUT2D eigenvalue weighted by molar-refractivity contribution is 14.0. The molecule has 166 valence electrons. The summed E-state index contributed by atoms with van der Waals surface area (Å²) in [5, 5.41) is 7.30. The molecule has 0 saturated carbocycles. The maximum Gasteiger partial charge on any atom is 0.246 e. The van der Waals surface area contributed by atoms with Crippen molar-refractivity contribution in [2.75, 3.05) is 51.8 Å². The van der Waals surface area contributed by atoms with Crippen LogP contribution in [0.15, 0.2) is 33.8 Å². The number of aliphatic imine (C=N–C) groups is 1. The molecule has 0 radical (unpaired) electrons. The first-order valence-electron chi connectivity index (χ1n) is 9.93. The number of rotatable bonds is 7. The lowest BCUT2D eigenvalue weighted by Crippen LogP contribution is -2.52. The van der Waals surface area contributed by atoms with Gasteiger partial charge in [0.15, 0.2) is 11.8 Å². The Labute approximate surface area is 194 Å². The van der Waals surface area contributed by atoms with Crippen molar-refractivity contribution in [3.63, 3.8) is 0 Å². The van der Waals surface area contributed by atoms with E-state index in [1.165, 1.54) is 5.69 Å². The normalized spacial score (nSPS) is 15.5. The summed E-state index contributed by atoms with van der Waals surface area (Å²) in [6.45, 7) is 8.48. The second-order valence-corrected chi connectivity index (χ2v) is 6.72. The van der Waals surface area contributed by atoms with Crippen LogP contribution in [0.2, 0.25) is 0 Å². The lowest BCUT2D eigenvalue weighted by atomic mass is 10.2. The van der Waals surface area contributed by atoms with Gasteiger partial charge in [-0.25, -0.2) is 0 Å². The van der Waals surface area contributed by atoms with Crippen LogP contribution in [-0.4, -0.2) is 67.9 Å². The summed E-state index contributed by atoms with van der Waals surface area (Å²) >= 11 is 0. The number of piperazine rings is 1. The molecule has 0 amide bonds. The minimum Gasteiger partial charge on any atom is -0.497 e. The van der Waals surface area contributed by atoms with Crippen LogP contribution < -0.4 is 15.0 Å². The molecule has 3 rings (SSSR count). The highest BCUT2D eigenvalue weighted by Gasteiger charge is 2.21. The van der Waals surface area contributed by atoms with E-state index in [2.05, 4.69) is 42.4 Å². The summed E-state index contributed by atoms with van der Waals surface area (Å²) in [6, 6.07) is 8.18. The largest absolute Gasteiger partial charge is 0.497 e. The Morgan fingerprint density at radius 3 is 2.53 bits per heavy atom. The Morgan fingerprint density at radius 1 is 1.23 bits per heavy atom. The van der Waals surface area contributed by atoms with Crippen LogP contribution in [0.4, 0.5) is 5.69 Å². The minimum absolute atomic E-state index is 0. The molecule has 0 bridgehead atoms. The molecule has 2 aromatic rings. The topological polar surface area (TPSA) is 88.3 Å². The zero-order valence-electron chi connectivity index (χ0n) is 18.0. The van der Waals surface area contributed by atoms with Gasteiger partial charge in [0, 0.05) is 45.5 Å². The molecule has 1 fully saturated rings. The number of halogens is 1. The molecule has 0 aliphatic carbocycles. The minimum atomic E-state index is -0.178. The van der Waals surface area contributed by atoms with Gasteiger partial charge < -0.3 is 29.1 Å². The van der Waals surface area contributed by atoms with Crippen molar-refractivity contribution in [1.82, 2.24) is 20.4 Å². The molecule has 10 heteroatoms. The van der Waals surface area contributed by atoms with Gasteiger partial charge in [-0.05, 0) is 38.1 Å². The van der Waals surface area contributed by atoms with E-state index in [0.29, 0.717) is 24.9 Å². The summed E-state index contributed by atoms with van der Waals surface area (Å²) in [6.07, 6.45) is -0.178. The van der Waals surface area contributed by atoms with Crippen molar-refractivity contribution in [3.8, 4) is 5.75 Å². The average molecular weight is 530 g/mol. The van der Waals surface area contributed by atoms with Crippen LogP contribution in [-0.2, 0) is 11.3 Å². The lowest BCUT2D eigenvalue weighted by Gasteiger charge is -2.37. The first-order chi connectivity index (χ1) is 14.1. The van der Waals surface area contributed by atoms with E-state index in [0.717, 1.165) is 37.9 Å². The summed E-state index contributed by atoms with van der Waals surface area (Å²) < 4.78 is 16.0. The monoisotopic (exact) mass is 530 g/mol. The van der Waals surface area contributed by atoms with Crippen molar-refractivity contribution >= 4 is 35.6 Å². The van der Waals surface area contributed by atoms with Crippen LogP contribution in [0.3, 0.4) is 0 Å². The Kier molecular flexibility index (Phi) is 9.63. The predicted octanol–water partition coefficient (Wildman–Crippen LogP) is 2.69. The molecule has 1 aromatic heterocycles. The fraction of sp³-hybridized carbons (Fsp3) is 0.550. The van der Waals surface area contributed by atoms with E-state index in [1.807, 2.05) is 26.0 Å². The average Bonchev–Trinajstić information content (AvgIpc) is 3.24. The van der Waals surface area contributed by atoms with Gasteiger partial charge in [0.25, 0.3) is 0 Å². The molecule has 0 spiro atoms. The zero-order valence-corrected chi connectivity index (χ0v) is 20.3. The Balaban J connectivity index is 0.00000320. The summed E-state index contributed by atoms with van der Waals surface area (Å²) in [7, 11) is 3.47. The first-order valence-corrected chi connectivity index (χ1v) is 9.93. The number of nitrogens with one attached hydrogen (secondary N) is 1. The van der Waals surface area contributed by atoms with Gasteiger partial charge in [-0.3, -0.25) is 4.99 Å². The standard InChI is InChI=1S/C20H30N6O3.HI/c1-5-28-15(2)19-23-18(29-24-19)14-22-20(21-3)26-12-10-25(11-13-26)16-6-8-17(27-4)9-7-16;/h6-9,15H,5,10-14H2,1-4H3,(H,21,22);1H. The number of hydrogen-bond donors (Lipinski definition) is 1. The summed E-state index contributed by atoms with van der Waals surface area (Å²) in [5.41, 5.74) is 1.20. The van der Waals surface area contributed by atoms with Gasteiger partial charge in [0.05, 0.1) is 13.7 Å². The summed E-state index contributed by atoms with van der Waals surface area (Å²) in [5.74, 6) is 2.78. The highest BCUT2D eigenvalue weighted by Crippen LogP contribution is 2.20. The number of hydrogen-bond acceptors (Lipinski definition) is 7. The number of anilines is 1. The van der Waals surface area contributed by atoms with Crippen molar-refractivity contribution in [3.05, 3.63) is 36.0 Å². The molecule has 30 heavy (non-hydrogen) atoms. The van der Waals surface area contributed by atoms with Gasteiger partial charge >= 0.3 is 0 Å². The van der Waals surface area contributed by atoms with Crippen molar-refractivity contribution < 1.29 is 14.0 Å². The molecule has 1 aromatic carbocycles. The van der Waals surface area contributed by atoms with Crippen LogP contribution >= 0.6 is 24.0 Å². The molecule has 1 atom stereocenters. The Hall–Kier alpha value is -2.08. The smallest absolute Gasteiger partial charge is 0.246 e. The molecule has 2 heterocycles. The van der Waals surface area contributed by atoms with Gasteiger partial charge in [0.2, 0.25) is 5.89 Å².